The summed E-state index contributed by atoms with van der Waals surface area (Å²) in [4.78, 5) is 20.6. The minimum Gasteiger partial charge on any atom is -0.352 e. The number of aromatic nitrogens is 3. The predicted octanol–water partition coefficient (Wildman–Crippen LogP) is 2.41. The average molecular weight is 411 g/mol. The zero-order valence-electron chi connectivity index (χ0n) is 12.9. The van der Waals surface area contributed by atoms with Crippen LogP contribution < -0.4 is 10.6 Å². The van der Waals surface area contributed by atoms with Gasteiger partial charge < -0.3 is 15.2 Å². The van der Waals surface area contributed by atoms with Crippen LogP contribution in [0.4, 0.5) is 0 Å². The van der Waals surface area contributed by atoms with E-state index in [1.807, 2.05) is 17.8 Å². The van der Waals surface area contributed by atoms with E-state index in [0.717, 1.165) is 18.2 Å². The Hall–Kier alpha value is -0.990. The maximum absolute atomic E-state index is 12.1. The van der Waals surface area contributed by atoms with Gasteiger partial charge in [-0.25, -0.2) is 9.97 Å². The highest BCUT2D eigenvalue weighted by Crippen LogP contribution is 2.30. The number of nitrogens with zero attached hydrogens (tertiary/aromatic N) is 3. The summed E-state index contributed by atoms with van der Waals surface area (Å²) in [5, 5.41) is 7.95. The van der Waals surface area contributed by atoms with Gasteiger partial charge in [0, 0.05) is 51.2 Å². The molecule has 1 fully saturated rings. The van der Waals surface area contributed by atoms with E-state index >= 15 is 0 Å². The van der Waals surface area contributed by atoms with E-state index < -0.39 is 0 Å². The molecule has 10 heteroatoms. The van der Waals surface area contributed by atoms with Gasteiger partial charge >= 0.3 is 0 Å². The Balaban J connectivity index is 0.00000144. The van der Waals surface area contributed by atoms with Gasteiger partial charge in [-0.15, -0.1) is 24.8 Å². The number of pyridine rings is 1. The van der Waals surface area contributed by atoms with Gasteiger partial charge in [0.15, 0.2) is 5.16 Å². The maximum atomic E-state index is 12.1. The largest absolute Gasteiger partial charge is 0.352 e. The molecule has 1 amide bonds. The van der Waals surface area contributed by atoms with Crippen LogP contribution in [0.2, 0.25) is 5.02 Å². The number of hydrogen-bond acceptors (Lipinski definition) is 5. The molecule has 2 aromatic heterocycles. The lowest BCUT2D eigenvalue weighted by atomic mass is 10.0. The normalized spacial score (nSPS) is 13.4. The zero-order chi connectivity index (χ0) is 15.5. The van der Waals surface area contributed by atoms with E-state index in [1.165, 1.54) is 11.8 Å². The second-order valence-electron chi connectivity index (χ2n) is 5.17. The van der Waals surface area contributed by atoms with Gasteiger partial charge in [-0.05, 0) is 17.8 Å². The summed E-state index contributed by atoms with van der Waals surface area (Å²) in [6, 6.07) is 1.65. The molecule has 0 aromatic carbocycles. The first-order valence-electron chi connectivity index (χ1n) is 6.93. The molecule has 0 unspecified atom stereocenters. The summed E-state index contributed by atoms with van der Waals surface area (Å²) in [6.45, 7) is 2.59. The van der Waals surface area contributed by atoms with Crippen LogP contribution in [-0.2, 0) is 7.05 Å². The molecular formula is C14H18Cl3N5OS. The van der Waals surface area contributed by atoms with Crippen molar-refractivity contribution in [1.29, 1.82) is 0 Å². The first kappa shape index (κ1) is 21.1. The zero-order valence-corrected chi connectivity index (χ0v) is 16.1. The molecular weight excluding hydrogens is 393 g/mol. The summed E-state index contributed by atoms with van der Waals surface area (Å²) in [5.74, 6) is 0.375. The SMILES string of the molecule is Cl.Cl.Cn1ccnc1Sc1ncc(C(=O)NCC2CNC2)cc1Cl. The number of halogens is 3. The number of carbonyl (C=O) groups is 1. The third kappa shape index (κ3) is 5.00. The molecule has 3 rings (SSSR count). The van der Waals surface area contributed by atoms with Crippen LogP contribution in [0.25, 0.3) is 0 Å². The molecule has 0 spiro atoms. The van der Waals surface area contributed by atoms with Crippen molar-refractivity contribution in [2.45, 2.75) is 10.2 Å². The van der Waals surface area contributed by atoms with Crippen LogP contribution in [0.1, 0.15) is 10.4 Å². The Morgan fingerprint density at radius 3 is 2.75 bits per heavy atom. The van der Waals surface area contributed by atoms with Crippen molar-refractivity contribution >= 4 is 54.1 Å². The highest BCUT2D eigenvalue weighted by Gasteiger charge is 2.18. The lowest BCUT2D eigenvalue weighted by Gasteiger charge is -2.27. The summed E-state index contributed by atoms with van der Waals surface area (Å²) in [5.41, 5.74) is 0.474. The fraction of sp³-hybridized carbons (Fsp3) is 0.357. The highest BCUT2D eigenvalue weighted by atomic mass is 35.5. The Kier molecular flexibility index (Phi) is 8.32. The van der Waals surface area contributed by atoms with Crippen LogP contribution in [0.5, 0.6) is 0 Å². The lowest BCUT2D eigenvalue weighted by Crippen LogP contribution is -2.48. The Labute approximate surface area is 162 Å². The van der Waals surface area contributed by atoms with Crippen LogP contribution >= 0.6 is 48.2 Å². The topological polar surface area (TPSA) is 71.8 Å². The first-order valence-corrected chi connectivity index (χ1v) is 8.12. The van der Waals surface area contributed by atoms with E-state index in [0.29, 0.717) is 28.1 Å². The standard InChI is InChI=1S/C14H16ClN5OS.2ClH/c1-20-3-2-17-14(20)22-13-11(15)4-10(8-19-13)12(21)18-7-9-5-16-6-9;;/h2-4,8-9,16H,5-7H2,1H3,(H,18,21);2*1H. The maximum Gasteiger partial charge on any atom is 0.252 e. The second kappa shape index (κ2) is 9.48. The van der Waals surface area contributed by atoms with E-state index in [9.17, 15) is 4.79 Å². The van der Waals surface area contributed by atoms with Crippen molar-refractivity contribution in [3.63, 3.8) is 0 Å². The van der Waals surface area contributed by atoms with Gasteiger partial charge in [-0.1, -0.05) is 11.6 Å². The number of imidazole rings is 1. The molecule has 2 N–H and O–H groups in total. The number of aryl methyl sites for hydroxylation is 1. The first-order chi connectivity index (χ1) is 10.6. The summed E-state index contributed by atoms with van der Waals surface area (Å²) in [6.07, 6.45) is 5.12. The second-order valence-corrected chi connectivity index (χ2v) is 6.53. The fourth-order valence-electron chi connectivity index (χ4n) is 1.99. The monoisotopic (exact) mass is 409 g/mol. The van der Waals surface area contributed by atoms with E-state index in [-0.39, 0.29) is 30.7 Å². The van der Waals surface area contributed by atoms with Gasteiger partial charge in [-0.3, -0.25) is 4.79 Å². The molecule has 0 bridgehead atoms. The smallest absolute Gasteiger partial charge is 0.252 e. The van der Waals surface area contributed by atoms with Crippen molar-refractivity contribution in [2.24, 2.45) is 13.0 Å². The fourth-order valence-corrected chi connectivity index (χ4v) is 3.03. The number of nitrogens with one attached hydrogen (secondary N) is 2. The van der Waals surface area contributed by atoms with Crippen molar-refractivity contribution < 1.29 is 4.79 Å². The van der Waals surface area contributed by atoms with Crippen LogP contribution in [0.3, 0.4) is 0 Å². The van der Waals surface area contributed by atoms with E-state index in [1.54, 1.807) is 18.5 Å². The lowest BCUT2D eigenvalue weighted by molar-refractivity contribution is 0.0941. The molecule has 0 atom stereocenters. The van der Waals surface area contributed by atoms with Crippen LogP contribution in [-0.4, -0.2) is 40.1 Å². The number of hydrogen-bond donors (Lipinski definition) is 2. The molecule has 1 aliphatic heterocycles. The minimum absolute atomic E-state index is 0. The molecule has 6 nitrogen and oxygen atoms in total. The molecule has 1 saturated heterocycles. The molecule has 0 radical (unpaired) electrons. The average Bonchev–Trinajstić information content (AvgIpc) is 2.84. The van der Waals surface area contributed by atoms with Gasteiger partial charge in [0.2, 0.25) is 0 Å². The summed E-state index contributed by atoms with van der Waals surface area (Å²) < 4.78 is 1.88. The van der Waals surface area contributed by atoms with Gasteiger partial charge in [0.25, 0.3) is 5.91 Å². The molecule has 0 saturated carbocycles. The number of amides is 1. The third-order valence-electron chi connectivity index (χ3n) is 3.45. The van der Waals surface area contributed by atoms with Crippen molar-refractivity contribution in [1.82, 2.24) is 25.2 Å². The van der Waals surface area contributed by atoms with Crippen molar-refractivity contribution in [3.8, 4) is 0 Å². The van der Waals surface area contributed by atoms with Crippen molar-refractivity contribution in [2.75, 3.05) is 19.6 Å². The molecule has 24 heavy (non-hydrogen) atoms. The molecule has 1 aliphatic rings. The van der Waals surface area contributed by atoms with E-state index in [2.05, 4.69) is 20.6 Å². The van der Waals surface area contributed by atoms with Crippen molar-refractivity contribution in [3.05, 3.63) is 35.2 Å². The Morgan fingerprint density at radius 2 is 2.21 bits per heavy atom. The number of rotatable bonds is 5. The quantitative estimate of drug-likeness (QED) is 0.792. The molecule has 132 valence electrons. The highest BCUT2D eigenvalue weighted by molar-refractivity contribution is 7.99. The van der Waals surface area contributed by atoms with E-state index in [4.69, 9.17) is 11.6 Å². The summed E-state index contributed by atoms with van der Waals surface area (Å²) >= 11 is 7.60. The van der Waals surface area contributed by atoms with Gasteiger partial charge in [0.1, 0.15) is 5.03 Å². The minimum atomic E-state index is -0.144. The molecule has 2 aromatic rings. The summed E-state index contributed by atoms with van der Waals surface area (Å²) in [7, 11) is 1.90. The predicted molar refractivity (Wildman–Crippen MR) is 99.8 cm³/mol. The van der Waals surface area contributed by atoms with Crippen LogP contribution in [0, 0.1) is 5.92 Å². The Morgan fingerprint density at radius 1 is 1.46 bits per heavy atom. The molecule has 3 heterocycles. The third-order valence-corrected chi connectivity index (χ3v) is 4.95. The van der Waals surface area contributed by atoms with Gasteiger partial charge in [-0.2, -0.15) is 0 Å². The molecule has 0 aliphatic carbocycles. The number of carbonyl (C=O) groups excluding carboxylic acids is 1. The van der Waals surface area contributed by atoms with Crippen LogP contribution in [0.15, 0.2) is 34.8 Å². The van der Waals surface area contributed by atoms with Gasteiger partial charge in [0.05, 0.1) is 10.6 Å². The Bertz CT molecular complexity index is 693.